The molecular formula is C21H28N4O2. The zero-order valence-corrected chi connectivity index (χ0v) is 16.6. The van der Waals surface area contributed by atoms with Crippen LogP contribution in [-0.2, 0) is 7.05 Å². The molecule has 3 heterocycles. The van der Waals surface area contributed by atoms with Gasteiger partial charge in [0.15, 0.2) is 0 Å². The number of nitrogens with zero attached hydrogens (tertiary/aromatic N) is 4. The maximum absolute atomic E-state index is 13.0. The van der Waals surface area contributed by atoms with E-state index in [4.69, 9.17) is 4.74 Å². The highest BCUT2D eigenvalue weighted by atomic mass is 16.5. The van der Waals surface area contributed by atoms with Crippen LogP contribution in [0.1, 0.15) is 30.6 Å². The molecule has 1 saturated heterocycles. The second kappa shape index (κ2) is 7.00. The summed E-state index contributed by atoms with van der Waals surface area (Å²) in [4.78, 5) is 17.3. The van der Waals surface area contributed by atoms with E-state index in [1.165, 1.54) is 6.42 Å². The highest BCUT2D eigenvalue weighted by Crippen LogP contribution is 2.34. The molecule has 0 saturated carbocycles. The van der Waals surface area contributed by atoms with Gasteiger partial charge in [-0.25, -0.2) is 0 Å². The van der Waals surface area contributed by atoms with Gasteiger partial charge in [-0.05, 0) is 36.6 Å². The Kier molecular flexibility index (Phi) is 4.68. The predicted molar refractivity (Wildman–Crippen MR) is 105 cm³/mol. The molecule has 1 fully saturated rings. The van der Waals surface area contributed by atoms with Gasteiger partial charge in [-0.15, -0.1) is 0 Å². The van der Waals surface area contributed by atoms with Crippen LogP contribution in [0.5, 0.6) is 5.75 Å². The Bertz CT molecular complexity index is 844. The second-order valence-electron chi connectivity index (χ2n) is 8.20. The third kappa shape index (κ3) is 3.46. The monoisotopic (exact) mass is 368 g/mol. The van der Waals surface area contributed by atoms with Gasteiger partial charge < -0.3 is 9.64 Å². The molecule has 0 bridgehead atoms. The van der Waals surface area contributed by atoms with Crippen molar-refractivity contribution in [1.82, 2.24) is 19.6 Å². The van der Waals surface area contributed by atoms with Gasteiger partial charge in [0.05, 0.1) is 17.8 Å². The van der Waals surface area contributed by atoms with Crippen molar-refractivity contribution < 1.29 is 9.53 Å². The first-order valence-electron chi connectivity index (χ1n) is 9.71. The minimum absolute atomic E-state index is 0.0107. The van der Waals surface area contributed by atoms with Crippen molar-refractivity contribution in [2.45, 2.75) is 32.4 Å². The van der Waals surface area contributed by atoms with E-state index in [0.29, 0.717) is 17.2 Å². The van der Waals surface area contributed by atoms with E-state index in [9.17, 15) is 4.79 Å². The van der Waals surface area contributed by atoms with Crippen LogP contribution in [0.3, 0.4) is 0 Å². The topological polar surface area (TPSA) is 50.6 Å². The maximum atomic E-state index is 13.0. The van der Waals surface area contributed by atoms with E-state index < -0.39 is 0 Å². The van der Waals surface area contributed by atoms with E-state index in [2.05, 4.69) is 23.8 Å². The van der Waals surface area contributed by atoms with Crippen LogP contribution in [0.4, 0.5) is 0 Å². The number of benzene rings is 1. The van der Waals surface area contributed by atoms with Gasteiger partial charge >= 0.3 is 0 Å². The predicted octanol–water partition coefficient (Wildman–Crippen LogP) is 2.65. The minimum Gasteiger partial charge on any atom is -0.486 e. The molecule has 1 aromatic carbocycles. The molecule has 0 unspecified atom stereocenters. The fourth-order valence-electron chi connectivity index (χ4n) is 3.99. The number of likely N-dealkylation sites (N-methyl/N-ethyl adjacent to an activating group) is 1. The summed E-state index contributed by atoms with van der Waals surface area (Å²) in [6, 6.07) is 5.94. The molecule has 2 aromatic rings. The molecule has 144 valence electrons. The fourth-order valence-corrected chi connectivity index (χ4v) is 3.99. The van der Waals surface area contributed by atoms with E-state index in [1.807, 2.05) is 49.6 Å². The van der Waals surface area contributed by atoms with E-state index in [1.54, 1.807) is 4.68 Å². The third-order valence-corrected chi connectivity index (χ3v) is 5.68. The summed E-state index contributed by atoms with van der Waals surface area (Å²) in [5.41, 5.74) is 2.69. The van der Waals surface area contributed by atoms with Crippen molar-refractivity contribution in [3.63, 3.8) is 0 Å². The molecule has 2 atom stereocenters. The molecule has 0 spiro atoms. The first-order valence-corrected chi connectivity index (χ1v) is 9.71. The van der Waals surface area contributed by atoms with E-state index in [-0.39, 0.29) is 18.1 Å². The maximum Gasteiger partial charge on any atom is 0.257 e. The lowest BCUT2D eigenvalue weighted by molar-refractivity contribution is 0.0682. The fraction of sp³-hybridized carbons (Fsp3) is 0.524. The summed E-state index contributed by atoms with van der Waals surface area (Å²) in [5, 5.41) is 4.24. The van der Waals surface area contributed by atoms with Gasteiger partial charge in [-0.1, -0.05) is 19.9 Å². The van der Waals surface area contributed by atoms with Gasteiger partial charge in [0, 0.05) is 38.9 Å². The molecule has 0 radical (unpaired) electrons. The Balaban J connectivity index is 1.61. The molecule has 4 rings (SSSR count). The molecule has 6 heteroatoms. The van der Waals surface area contributed by atoms with Crippen LogP contribution in [0.25, 0.3) is 11.1 Å². The molecule has 1 aromatic heterocycles. The van der Waals surface area contributed by atoms with Crippen LogP contribution in [0.2, 0.25) is 0 Å². The summed E-state index contributed by atoms with van der Waals surface area (Å²) < 4.78 is 8.17. The molecular weight excluding hydrogens is 340 g/mol. The summed E-state index contributed by atoms with van der Waals surface area (Å²) in [7, 11) is 3.80. The molecule has 2 aliphatic heterocycles. The Morgan fingerprint density at radius 2 is 2.04 bits per heavy atom. The highest BCUT2D eigenvalue weighted by molar-refractivity contribution is 5.98. The number of carbonyl (C=O) groups is 1. The zero-order valence-electron chi connectivity index (χ0n) is 16.6. The number of rotatable bonds is 4. The second-order valence-corrected chi connectivity index (χ2v) is 8.20. The summed E-state index contributed by atoms with van der Waals surface area (Å²) in [6.45, 7) is 7.29. The smallest absolute Gasteiger partial charge is 0.257 e. The average molecular weight is 368 g/mol. The van der Waals surface area contributed by atoms with Crippen LogP contribution in [-0.4, -0.2) is 64.3 Å². The SMILES string of the molecule is CC(C)CCN1C[C@@H]2Oc3cc(-c4cnn(C)c4)ccc3C(=O)N(C)[C@@H]2C1. The number of ether oxygens (including phenoxy) is 1. The summed E-state index contributed by atoms with van der Waals surface area (Å²) in [5.74, 6) is 1.41. The number of aryl methyl sites for hydroxylation is 1. The highest BCUT2D eigenvalue weighted by Gasteiger charge is 2.42. The molecule has 1 amide bonds. The van der Waals surface area contributed by atoms with Gasteiger partial charge in [0.2, 0.25) is 0 Å². The van der Waals surface area contributed by atoms with Crippen molar-refractivity contribution in [1.29, 1.82) is 0 Å². The number of amides is 1. The van der Waals surface area contributed by atoms with Crippen LogP contribution >= 0.6 is 0 Å². The van der Waals surface area contributed by atoms with E-state index >= 15 is 0 Å². The lowest BCUT2D eigenvalue weighted by atomic mass is 10.1. The van der Waals surface area contributed by atoms with Gasteiger partial charge in [0.25, 0.3) is 5.91 Å². The van der Waals surface area contributed by atoms with Crippen molar-refractivity contribution in [2.75, 3.05) is 26.7 Å². The number of carbonyl (C=O) groups excluding carboxylic acids is 1. The van der Waals surface area contributed by atoms with Crippen molar-refractivity contribution in [3.05, 3.63) is 36.2 Å². The quantitative estimate of drug-likeness (QED) is 0.833. The van der Waals surface area contributed by atoms with Crippen LogP contribution in [0, 0.1) is 5.92 Å². The Morgan fingerprint density at radius 3 is 2.74 bits per heavy atom. The normalized spacial score (nSPS) is 22.6. The first kappa shape index (κ1) is 18.0. The molecule has 0 N–H and O–H groups in total. The van der Waals surface area contributed by atoms with Crippen LogP contribution in [0.15, 0.2) is 30.6 Å². The van der Waals surface area contributed by atoms with Crippen molar-refractivity contribution in [2.24, 2.45) is 13.0 Å². The largest absolute Gasteiger partial charge is 0.486 e. The van der Waals surface area contributed by atoms with Crippen molar-refractivity contribution >= 4 is 5.91 Å². The molecule has 0 aliphatic carbocycles. The number of aromatic nitrogens is 2. The Labute approximate surface area is 160 Å². The number of hydrogen-bond donors (Lipinski definition) is 0. The minimum atomic E-state index is 0.0107. The average Bonchev–Trinajstić information content (AvgIpc) is 3.23. The lowest BCUT2D eigenvalue weighted by Gasteiger charge is -2.25. The number of hydrogen-bond acceptors (Lipinski definition) is 4. The van der Waals surface area contributed by atoms with Crippen LogP contribution < -0.4 is 4.74 Å². The van der Waals surface area contributed by atoms with Crippen molar-refractivity contribution in [3.8, 4) is 16.9 Å². The lowest BCUT2D eigenvalue weighted by Crippen LogP contribution is -2.44. The standard InChI is InChI=1S/C21H28N4O2/c1-14(2)7-8-25-12-18-20(13-25)27-19-9-15(16-10-22-23(3)11-16)5-6-17(19)21(26)24(18)4/h5-6,9-11,14,18,20H,7-8,12-13H2,1-4H3/t18-,20+/m1/s1. The van der Waals surface area contributed by atoms with Gasteiger partial charge in [-0.3, -0.25) is 14.4 Å². The number of fused-ring (bicyclic) bond motifs is 2. The van der Waals surface area contributed by atoms with Gasteiger partial charge in [0.1, 0.15) is 11.9 Å². The Hall–Kier alpha value is -2.34. The first-order chi connectivity index (χ1) is 12.9. The third-order valence-electron chi connectivity index (χ3n) is 5.68. The zero-order chi connectivity index (χ0) is 19.1. The van der Waals surface area contributed by atoms with E-state index in [0.717, 1.165) is 30.8 Å². The summed E-state index contributed by atoms with van der Waals surface area (Å²) >= 11 is 0. The van der Waals surface area contributed by atoms with Gasteiger partial charge in [-0.2, -0.15) is 5.10 Å². The molecule has 27 heavy (non-hydrogen) atoms. The molecule has 2 aliphatic rings. The Morgan fingerprint density at radius 1 is 1.22 bits per heavy atom. The summed E-state index contributed by atoms with van der Waals surface area (Å²) in [6.07, 6.45) is 4.98. The number of likely N-dealkylation sites (tertiary alicyclic amines) is 1. The molecule has 6 nitrogen and oxygen atoms in total.